The summed E-state index contributed by atoms with van der Waals surface area (Å²) >= 11 is 0. The lowest BCUT2D eigenvalue weighted by atomic mass is 9.79. The second-order valence-corrected chi connectivity index (χ2v) is 6.72. The van der Waals surface area contributed by atoms with Crippen molar-refractivity contribution >= 4 is 0 Å². The first-order valence-corrected chi connectivity index (χ1v) is 7.70. The Hall–Kier alpha value is -0.820. The van der Waals surface area contributed by atoms with Crippen molar-refractivity contribution in [1.29, 1.82) is 0 Å². The van der Waals surface area contributed by atoms with E-state index >= 15 is 0 Å². The molecule has 0 bridgehead atoms. The van der Waals surface area contributed by atoms with E-state index in [0.717, 1.165) is 6.54 Å². The van der Waals surface area contributed by atoms with Crippen LogP contribution >= 0.6 is 0 Å². The molecular formula is C18H31N. The van der Waals surface area contributed by atoms with Crippen LogP contribution in [0.5, 0.6) is 0 Å². The first-order valence-electron chi connectivity index (χ1n) is 7.70. The summed E-state index contributed by atoms with van der Waals surface area (Å²) in [7, 11) is 0. The van der Waals surface area contributed by atoms with Crippen LogP contribution in [0.2, 0.25) is 0 Å². The summed E-state index contributed by atoms with van der Waals surface area (Å²) in [6.07, 6.45) is 2.38. The lowest BCUT2D eigenvalue weighted by Gasteiger charge is -2.29. The molecule has 0 aliphatic rings. The Bertz CT molecular complexity index is 362. The summed E-state index contributed by atoms with van der Waals surface area (Å²) in [5.41, 5.74) is 3.11. The maximum atomic E-state index is 3.59. The van der Waals surface area contributed by atoms with E-state index in [1.807, 2.05) is 0 Å². The number of hydrogen-bond donors (Lipinski definition) is 1. The van der Waals surface area contributed by atoms with Gasteiger partial charge < -0.3 is 5.32 Å². The highest BCUT2D eigenvalue weighted by molar-refractivity contribution is 5.29. The van der Waals surface area contributed by atoms with Crippen molar-refractivity contribution < 1.29 is 0 Å². The molecule has 1 aromatic carbocycles. The van der Waals surface area contributed by atoms with Gasteiger partial charge in [0.15, 0.2) is 0 Å². The number of hydrogen-bond acceptors (Lipinski definition) is 1. The van der Waals surface area contributed by atoms with Crippen molar-refractivity contribution in [3.8, 4) is 0 Å². The van der Waals surface area contributed by atoms with Crippen LogP contribution in [0.3, 0.4) is 0 Å². The minimum Gasteiger partial charge on any atom is -0.314 e. The third kappa shape index (κ3) is 4.99. The molecule has 0 spiro atoms. The topological polar surface area (TPSA) is 12.0 Å². The van der Waals surface area contributed by atoms with E-state index in [-0.39, 0.29) is 5.41 Å². The summed E-state index contributed by atoms with van der Waals surface area (Å²) < 4.78 is 0. The van der Waals surface area contributed by atoms with Crippen LogP contribution in [0.1, 0.15) is 71.4 Å². The van der Waals surface area contributed by atoms with E-state index in [0.29, 0.717) is 12.0 Å². The van der Waals surface area contributed by atoms with Crippen LogP contribution in [0.15, 0.2) is 24.3 Å². The molecule has 1 N–H and O–H groups in total. The standard InChI is InChI=1S/C18H31N/c1-7-12-19-15(4)13-18(5,6)17-10-8-16(9-11-17)14(2)3/h8-11,14-15,19H,7,12-13H2,1-6H3. The third-order valence-electron chi connectivity index (χ3n) is 3.92. The number of nitrogens with one attached hydrogen (secondary N) is 1. The molecular weight excluding hydrogens is 230 g/mol. The van der Waals surface area contributed by atoms with Crippen molar-refractivity contribution in [3.05, 3.63) is 35.4 Å². The predicted molar refractivity (Wildman–Crippen MR) is 85.9 cm³/mol. The average molecular weight is 261 g/mol. The van der Waals surface area contributed by atoms with Crippen LogP contribution in [0.4, 0.5) is 0 Å². The molecule has 1 rings (SSSR count). The molecule has 1 nitrogen and oxygen atoms in total. The SMILES string of the molecule is CCCNC(C)CC(C)(C)c1ccc(C(C)C)cc1. The quantitative estimate of drug-likeness (QED) is 0.738. The largest absolute Gasteiger partial charge is 0.314 e. The Labute approximate surface area is 119 Å². The molecule has 0 radical (unpaired) electrons. The van der Waals surface area contributed by atoms with Gasteiger partial charge in [-0.1, -0.05) is 58.9 Å². The van der Waals surface area contributed by atoms with Crippen LogP contribution in [0, 0.1) is 0 Å². The van der Waals surface area contributed by atoms with Crippen LogP contribution in [-0.4, -0.2) is 12.6 Å². The van der Waals surface area contributed by atoms with E-state index in [1.165, 1.54) is 24.0 Å². The van der Waals surface area contributed by atoms with Gasteiger partial charge in [0, 0.05) is 6.04 Å². The molecule has 1 heteroatoms. The average Bonchev–Trinajstić information content (AvgIpc) is 2.36. The number of benzene rings is 1. The van der Waals surface area contributed by atoms with Gasteiger partial charge in [-0.15, -0.1) is 0 Å². The molecule has 1 unspecified atom stereocenters. The molecule has 1 atom stereocenters. The number of rotatable bonds is 7. The Morgan fingerprint density at radius 2 is 1.63 bits per heavy atom. The highest BCUT2D eigenvalue weighted by Gasteiger charge is 2.23. The van der Waals surface area contributed by atoms with Crippen molar-refractivity contribution in [3.63, 3.8) is 0 Å². The van der Waals surface area contributed by atoms with Crippen LogP contribution in [0.25, 0.3) is 0 Å². The minimum atomic E-state index is 0.232. The maximum Gasteiger partial charge on any atom is 0.00470 e. The van der Waals surface area contributed by atoms with E-state index in [9.17, 15) is 0 Å². The third-order valence-corrected chi connectivity index (χ3v) is 3.92. The second kappa shape index (κ2) is 7.09. The molecule has 0 aromatic heterocycles. The summed E-state index contributed by atoms with van der Waals surface area (Å²) in [6, 6.07) is 9.75. The predicted octanol–water partition coefficient (Wildman–Crippen LogP) is 4.87. The molecule has 0 saturated heterocycles. The summed E-state index contributed by atoms with van der Waals surface area (Å²) in [5, 5.41) is 3.59. The zero-order valence-electron chi connectivity index (χ0n) is 13.6. The lowest BCUT2D eigenvalue weighted by molar-refractivity contribution is 0.389. The van der Waals surface area contributed by atoms with Gasteiger partial charge in [0.2, 0.25) is 0 Å². The van der Waals surface area contributed by atoms with E-state index < -0.39 is 0 Å². The van der Waals surface area contributed by atoms with Gasteiger partial charge in [0.25, 0.3) is 0 Å². The Morgan fingerprint density at radius 3 is 2.11 bits per heavy atom. The monoisotopic (exact) mass is 261 g/mol. The zero-order valence-corrected chi connectivity index (χ0v) is 13.6. The van der Waals surface area contributed by atoms with E-state index in [4.69, 9.17) is 0 Å². The summed E-state index contributed by atoms with van der Waals surface area (Å²) in [5.74, 6) is 0.613. The second-order valence-electron chi connectivity index (χ2n) is 6.72. The molecule has 108 valence electrons. The molecule has 0 amide bonds. The Kier molecular flexibility index (Phi) is 6.06. The maximum absolute atomic E-state index is 3.59. The molecule has 0 heterocycles. The molecule has 0 aliphatic carbocycles. The zero-order chi connectivity index (χ0) is 14.5. The van der Waals surface area contributed by atoms with Crippen molar-refractivity contribution in [2.75, 3.05) is 6.54 Å². The molecule has 0 saturated carbocycles. The first-order chi connectivity index (χ1) is 8.86. The normalized spacial score (nSPS) is 13.8. The van der Waals surface area contributed by atoms with Crippen molar-refractivity contribution in [2.45, 2.75) is 71.8 Å². The fraction of sp³-hybridized carbons (Fsp3) is 0.667. The van der Waals surface area contributed by atoms with Crippen LogP contribution < -0.4 is 5.32 Å². The van der Waals surface area contributed by atoms with Crippen molar-refractivity contribution in [1.82, 2.24) is 5.32 Å². The van der Waals surface area contributed by atoms with Gasteiger partial charge in [-0.25, -0.2) is 0 Å². The molecule has 1 aromatic rings. The van der Waals surface area contributed by atoms with Gasteiger partial charge in [0.1, 0.15) is 0 Å². The van der Waals surface area contributed by atoms with Crippen molar-refractivity contribution in [2.24, 2.45) is 0 Å². The van der Waals surface area contributed by atoms with Gasteiger partial charge in [-0.2, -0.15) is 0 Å². The smallest absolute Gasteiger partial charge is 0.00470 e. The highest BCUT2D eigenvalue weighted by Crippen LogP contribution is 2.29. The highest BCUT2D eigenvalue weighted by atomic mass is 14.9. The Morgan fingerprint density at radius 1 is 1.05 bits per heavy atom. The fourth-order valence-corrected chi connectivity index (χ4v) is 2.67. The molecule has 0 fully saturated rings. The molecule has 0 aliphatic heterocycles. The Balaban J connectivity index is 2.70. The van der Waals surface area contributed by atoms with Gasteiger partial charge >= 0.3 is 0 Å². The van der Waals surface area contributed by atoms with Gasteiger partial charge in [-0.3, -0.25) is 0 Å². The van der Waals surface area contributed by atoms with Gasteiger partial charge in [0.05, 0.1) is 0 Å². The first kappa shape index (κ1) is 16.2. The minimum absolute atomic E-state index is 0.232. The van der Waals surface area contributed by atoms with Crippen LogP contribution in [-0.2, 0) is 5.41 Å². The van der Waals surface area contributed by atoms with E-state index in [1.54, 1.807) is 0 Å². The lowest BCUT2D eigenvalue weighted by Crippen LogP contribution is -2.33. The van der Waals surface area contributed by atoms with Gasteiger partial charge in [-0.05, 0) is 48.8 Å². The van der Waals surface area contributed by atoms with E-state index in [2.05, 4.69) is 71.1 Å². The summed E-state index contributed by atoms with van der Waals surface area (Å²) in [6.45, 7) is 14.8. The fourth-order valence-electron chi connectivity index (χ4n) is 2.67. The summed E-state index contributed by atoms with van der Waals surface area (Å²) in [4.78, 5) is 0. The molecule has 19 heavy (non-hydrogen) atoms.